The smallest absolute Gasteiger partial charge is 0.277 e. The molecule has 6 heteroatoms. The van der Waals surface area contributed by atoms with Gasteiger partial charge < -0.3 is 5.32 Å². The van der Waals surface area contributed by atoms with E-state index in [2.05, 4.69) is 14.8 Å². The summed E-state index contributed by atoms with van der Waals surface area (Å²) in [6.07, 6.45) is 1.03. The van der Waals surface area contributed by atoms with Crippen LogP contribution in [0.2, 0.25) is 0 Å². The molecule has 1 aliphatic rings. The van der Waals surface area contributed by atoms with Gasteiger partial charge in [-0.05, 0) is 46.2 Å². The van der Waals surface area contributed by atoms with Crippen molar-refractivity contribution in [3.8, 4) is 0 Å². The lowest BCUT2D eigenvalue weighted by Crippen LogP contribution is -2.47. The van der Waals surface area contributed by atoms with E-state index in [0.717, 1.165) is 19.5 Å². The van der Waals surface area contributed by atoms with Gasteiger partial charge in [-0.2, -0.15) is 17.9 Å². The average Bonchev–Trinajstić information content (AvgIpc) is 2.50. The average molecular weight is 235 g/mol. The fourth-order valence-electron chi connectivity index (χ4n) is 1.79. The van der Waals surface area contributed by atoms with Crippen molar-refractivity contribution < 1.29 is 8.42 Å². The number of hydrogen-bond donors (Lipinski definition) is 3. The van der Waals surface area contributed by atoms with Crippen LogP contribution in [0.4, 0.5) is 0 Å². The highest BCUT2D eigenvalue weighted by molar-refractivity contribution is 7.87. The molecule has 0 radical (unpaired) electrons. The highest BCUT2D eigenvalue weighted by atomic mass is 32.2. The topological polar surface area (TPSA) is 70.2 Å². The Morgan fingerprint density at radius 3 is 2.40 bits per heavy atom. The maximum atomic E-state index is 11.6. The van der Waals surface area contributed by atoms with Crippen molar-refractivity contribution in [2.45, 2.75) is 39.3 Å². The summed E-state index contributed by atoms with van der Waals surface area (Å²) in [5.74, 6) is 0.397. The molecule has 1 rings (SSSR count). The molecule has 1 heterocycles. The van der Waals surface area contributed by atoms with E-state index < -0.39 is 10.2 Å². The molecule has 0 aromatic carbocycles. The third-order valence-corrected chi connectivity index (χ3v) is 4.00. The Labute approximate surface area is 92.2 Å². The Hall–Kier alpha value is -0.170. The summed E-state index contributed by atoms with van der Waals surface area (Å²) in [7, 11) is -3.35. The molecule has 0 saturated carbocycles. The summed E-state index contributed by atoms with van der Waals surface area (Å²) in [5.41, 5.74) is 0. The van der Waals surface area contributed by atoms with E-state index in [9.17, 15) is 8.42 Å². The van der Waals surface area contributed by atoms with Gasteiger partial charge in [-0.25, -0.2) is 0 Å². The third-order valence-electron chi connectivity index (χ3n) is 2.54. The summed E-state index contributed by atoms with van der Waals surface area (Å²) in [6.45, 7) is 7.40. The molecule has 1 fully saturated rings. The highest BCUT2D eigenvalue weighted by Gasteiger charge is 2.25. The zero-order valence-electron chi connectivity index (χ0n) is 9.58. The van der Waals surface area contributed by atoms with Crippen molar-refractivity contribution >= 4 is 10.2 Å². The van der Waals surface area contributed by atoms with Crippen molar-refractivity contribution in [1.29, 1.82) is 0 Å². The lowest BCUT2D eigenvalue weighted by molar-refractivity contribution is 0.439. The molecule has 0 spiro atoms. The van der Waals surface area contributed by atoms with Crippen LogP contribution in [0.25, 0.3) is 0 Å². The summed E-state index contributed by atoms with van der Waals surface area (Å²) >= 11 is 0. The molecule has 0 aromatic heterocycles. The Morgan fingerprint density at radius 1 is 1.27 bits per heavy atom. The van der Waals surface area contributed by atoms with E-state index in [1.165, 1.54) is 0 Å². The van der Waals surface area contributed by atoms with Gasteiger partial charge in [0.1, 0.15) is 0 Å². The van der Waals surface area contributed by atoms with Gasteiger partial charge in [0.05, 0.1) is 0 Å². The van der Waals surface area contributed by atoms with Crippen LogP contribution in [0.15, 0.2) is 0 Å². The molecule has 0 aliphatic carbocycles. The molecule has 90 valence electrons. The Kier molecular flexibility index (Phi) is 4.51. The van der Waals surface area contributed by atoms with Crippen molar-refractivity contribution in [3.63, 3.8) is 0 Å². The Bertz CT molecular complexity index is 284. The van der Waals surface area contributed by atoms with Crippen LogP contribution in [-0.2, 0) is 10.2 Å². The van der Waals surface area contributed by atoms with Crippen LogP contribution in [0.3, 0.4) is 0 Å². The molecule has 0 amide bonds. The molecule has 0 bridgehead atoms. The van der Waals surface area contributed by atoms with Crippen LogP contribution in [0, 0.1) is 5.92 Å². The van der Waals surface area contributed by atoms with Gasteiger partial charge in [-0.3, -0.25) is 0 Å². The van der Waals surface area contributed by atoms with Gasteiger partial charge in [0.2, 0.25) is 0 Å². The molecule has 5 nitrogen and oxygen atoms in total. The standard InChI is InChI=1S/C9H21N3O2S/c1-7(2)11-15(13,14)12-8(3)9-4-5-10-6-9/h7-12H,4-6H2,1-3H3. The number of rotatable bonds is 5. The SMILES string of the molecule is CC(C)NS(=O)(=O)NC(C)C1CCNC1. The predicted molar refractivity (Wildman–Crippen MR) is 60.8 cm³/mol. The summed E-state index contributed by atoms with van der Waals surface area (Å²) in [5, 5.41) is 3.22. The molecule has 0 aromatic rings. The first-order chi connectivity index (χ1) is 6.91. The van der Waals surface area contributed by atoms with E-state index in [1.54, 1.807) is 13.8 Å². The Balaban J connectivity index is 2.45. The van der Waals surface area contributed by atoms with Gasteiger partial charge in [0, 0.05) is 12.1 Å². The van der Waals surface area contributed by atoms with Crippen LogP contribution in [0.5, 0.6) is 0 Å². The van der Waals surface area contributed by atoms with Crippen molar-refractivity contribution in [1.82, 2.24) is 14.8 Å². The van der Waals surface area contributed by atoms with Gasteiger partial charge in [-0.1, -0.05) is 0 Å². The van der Waals surface area contributed by atoms with Crippen molar-refractivity contribution in [3.05, 3.63) is 0 Å². The minimum absolute atomic E-state index is 0.0174. The van der Waals surface area contributed by atoms with E-state index in [0.29, 0.717) is 5.92 Å². The zero-order chi connectivity index (χ0) is 11.5. The fourth-order valence-corrected chi connectivity index (χ4v) is 3.16. The van der Waals surface area contributed by atoms with Gasteiger partial charge in [-0.15, -0.1) is 0 Å². The first-order valence-corrected chi connectivity index (χ1v) is 6.89. The predicted octanol–water partition coefficient (Wildman–Crippen LogP) is -0.183. The van der Waals surface area contributed by atoms with E-state index in [4.69, 9.17) is 0 Å². The van der Waals surface area contributed by atoms with Gasteiger partial charge in [0.25, 0.3) is 10.2 Å². The maximum absolute atomic E-state index is 11.6. The molecule has 1 aliphatic heterocycles. The molecular weight excluding hydrogens is 214 g/mol. The molecule has 2 atom stereocenters. The van der Waals surface area contributed by atoms with Crippen molar-refractivity contribution in [2.75, 3.05) is 13.1 Å². The first kappa shape index (κ1) is 12.9. The third kappa shape index (κ3) is 4.46. The second-order valence-corrected chi connectivity index (χ2v) is 5.91. The van der Waals surface area contributed by atoms with Gasteiger partial charge >= 0.3 is 0 Å². The fraction of sp³-hybridized carbons (Fsp3) is 1.00. The summed E-state index contributed by atoms with van der Waals surface area (Å²) in [4.78, 5) is 0. The maximum Gasteiger partial charge on any atom is 0.277 e. The van der Waals surface area contributed by atoms with Crippen LogP contribution >= 0.6 is 0 Å². The summed E-state index contributed by atoms with van der Waals surface area (Å²) in [6, 6.07) is -0.0901. The molecule has 1 saturated heterocycles. The highest BCUT2D eigenvalue weighted by Crippen LogP contribution is 2.12. The lowest BCUT2D eigenvalue weighted by Gasteiger charge is -2.20. The quantitative estimate of drug-likeness (QED) is 0.619. The lowest BCUT2D eigenvalue weighted by atomic mass is 10.0. The number of hydrogen-bond acceptors (Lipinski definition) is 3. The minimum atomic E-state index is -3.35. The summed E-state index contributed by atoms with van der Waals surface area (Å²) < 4.78 is 28.3. The van der Waals surface area contributed by atoms with E-state index >= 15 is 0 Å². The number of nitrogens with one attached hydrogen (secondary N) is 3. The largest absolute Gasteiger partial charge is 0.316 e. The van der Waals surface area contributed by atoms with Crippen LogP contribution in [0.1, 0.15) is 27.2 Å². The van der Waals surface area contributed by atoms with E-state index in [1.807, 2.05) is 6.92 Å². The monoisotopic (exact) mass is 235 g/mol. The normalized spacial score (nSPS) is 24.7. The van der Waals surface area contributed by atoms with Crippen LogP contribution < -0.4 is 14.8 Å². The van der Waals surface area contributed by atoms with E-state index in [-0.39, 0.29) is 12.1 Å². The minimum Gasteiger partial charge on any atom is -0.316 e. The molecular formula is C9H21N3O2S. The molecule has 3 N–H and O–H groups in total. The Morgan fingerprint density at radius 2 is 1.93 bits per heavy atom. The molecule has 15 heavy (non-hydrogen) atoms. The molecule has 2 unspecified atom stereocenters. The zero-order valence-corrected chi connectivity index (χ0v) is 10.4. The first-order valence-electron chi connectivity index (χ1n) is 5.41. The van der Waals surface area contributed by atoms with Gasteiger partial charge in [0.15, 0.2) is 0 Å². The second kappa shape index (κ2) is 5.25. The van der Waals surface area contributed by atoms with Crippen LogP contribution in [-0.4, -0.2) is 33.6 Å². The van der Waals surface area contributed by atoms with Crippen molar-refractivity contribution in [2.24, 2.45) is 5.92 Å². The second-order valence-electron chi connectivity index (χ2n) is 4.44.